The fourth-order valence-electron chi connectivity index (χ4n) is 3.46. The molecule has 1 aromatic carbocycles. The van der Waals surface area contributed by atoms with Crippen LogP contribution in [0, 0.1) is 0 Å². The van der Waals surface area contributed by atoms with E-state index < -0.39 is 11.2 Å². The zero-order chi connectivity index (χ0) is 21.4. The van der Waals surface area contributed by atoms with E-state index in [4.69, 9.17) is 9.47 Å². The smallest absolute Gasteiger partial charge is 0.330 e. The molecule has 1 saturated carbocycles. The summed E-state index contributed by atoms with van der Waals surface area (Å²) in [5, 5.41) is 0.225. The molecule has 1 fully saturated rings. The fraction of sp³-hybridized carbons (Fsp3) is 0.333. The first-order valence-corrected chi connectivity index (χ1v) is 9.54. The van der Waals surface area contributed by atoms with Gasteiger partial charge in [-0.1, -0.05) is 0 Å². The lowest BCUT2D eigenvalue weighted by molar-refractivity contribution is 0.0784. The van der Waals surface area contributed by atoms with E-state index in [2.05, 4.69) is 9.97 Å². The van der Waals surface area contributed by atoms with Crippen molar-refractivity contribution in [3.63, 3.8) is 0 Å². The van der Waals surface area contributed by atoms with Gasteiger partial charge >= 0.3 is 5.69 Å². The van der Waals surface area contributed by atoms with Crippen molar-refractivity contribution in [1.29, 1.82) is 0 Å². The van der Waals surface area contributed by atoms with Crippen LogP contribution in [0.2, 0.25) is 0 Å². The summed E-state index contributed by atoms with van der Waals surface area (Å²) in [6, 6.07) is 6.92. The number of methoxy groups -OCH3 is 2. The van der Waals surface area contributed by atoms with Crippen LogP contribution in [0.15, 0.2) is 40.1 Å². The number of nitrogens with zero attached hydrogens (tertiary/aromatic N) is 3. The maximum absolute atomic E-state index is 13.0. The summed E-state index contributed by atoms with van der Waals surface area (Å²) in [6.07, 6.45) is 3.15. The molecule has 1 aliphatic carbocycles. The van der Waals surface area contributed by atoms with Crippen LogP contribution >= 0.6 is 0 Å². The van der Waals surface area contributed by atoms with Crippen LogP contribution in [0.5, 0.6) is 11.5 Å². The van der Waals surface area contributed by atoms with Crippen molar-refractivity contribution in [1.82, 2.24) is 19.4 Å². The minimum absolute atomic E-state index is 0.0520. The van der Waals surface area contributed by atoms with Gasteiger partial charge in [0, 0.05) is 37.5 Å². The normalized spacial score (nSPS) is 13.3. The molecule has 4 rings (SSSR count). The van der Waals surface area contributed by atoms with Crippen LogP contribution in [-0.4, -0.2) is 46.6 Å². The van der Waals surface area contributed by atoms with E-state index in [0.717, 1.165) is 18.4 Å². The van der Waals surface area contributed by atoms with E-state index in [-0.39, 0.29) is 22.9 Å². The molecular weight excluding hydrogens is 388 g/mol. The Kier molecular flexibility index (Phi) is 5.03. The number of benzene rings is 1. The number of nitrogens with one attached hydrogen (secondary N) is 1. The number of amides is 1. The van der Waals surface area contributed by atoms with E-state index in [0.29, 0.717) is 23.7 Å². The fourth-order valence-corrected chi connectivity index (χ4v) is 3.46. The molecule has 0 aliphatic heterocycles. The number of hydrogen-bond acceptors (Lipinski definition) is 6. The summed E-state index contributed by atoms with van der Waals surface area (Å²) in [7, 11) is 4.78. The Morgan fingerprint density at radius 1 is 1.23 bits per heavy atom. The Labute approximate surface area is 171 Å². The van der Waals surface area contributed by atoms with Crippen LogP contribution < -0.4 is 20.7 Å². The number of aromatic nitrogens is 3. The van der Waals surface area contributed by atoms with Gasteiger partial charge in [0.2, 0.25) is 0 Å². The van der Waals surface area contributed by atoms with E-state index >= 15 is 0 Å². The highest BCUT2D eigenvalue weighted by Gasteiger charge is 2.28. The second-order valence-electron chi connectivity index (χ2n) is 7.29. The lowest BCUT2D eigenvalue weighted by Crippen LogP contribution is -2.31. The number of carbonyl (C=O) groups is 1. The minimum atomic E-state index is -0.548. The molecule has 0 radical (unpaired) electrons. The Balaban J connectivity index is 1.65. The molecule has 30 heavy (non-hydrogen) atoms. The average Bonchev–Trinajstić information content (AvgIpc) is 3.58. The van der Waals surface area contributed by atoms with Crippen molar-refractivity contribution in [3.05, 3.63) is 62.4 Å². The first-order valence-electron chi connectivity index (χ1n) is 9.54. The Morgan fingerprint density at radius 2 is 2.00 bits per heavy atom. The number of aromatic amines is 1. The quantitative estimate of drug-likeness (QED) is 0.663. The number of fused-ring (bicyclic) bond motifs is 1. The van der Waals surface area contributed by atoms with Gasteiger partial charge in [-0.3, -0.25) is 19.1 Å². The molecule has 1 amide bonds. The van der Waals surface area contributed by atoms with Crippen LogP contribution in [0.4, 0.5) is 0 Å². The van der Waals surface area contributed by atoms with E-state index in [1.165, 1.54) is 21.7 Å². The molecule has 0 saturated heterocycles. The Bertz CT molecular complexity index is 1240. The monoisotopic (exact) mass is 410 g/mol. The molecule has 0 bridgehead atoms. The largest absolute Gasteiger partial charge is 0.497 e. The summed E-state index contributed by atoms with van der Waals surface area (Å²) < 4.78 is 12.1. The van der Waals surface area contributed by atoms with Gasteiger partial charge in [-0.15, -0.1) is 0 Å². The highest BCUT2D eigenvalue weighted by molar-refractivity contribution is 5.96. The van der Waals surface area contributed by atoms with Gasteiger partial charge in [-0.25, -0.2) is 9.78 Å². The third kappa shape index (κ3) is 3.54. The standard InChI is InChI=1S/C21H22N4O5/c1-24(11-12-4-7-15(29-2)9-17(12)30-3)20(27)13-8-16-18(22-10-13)25(14-5-6-14)21(28)23-19(16)26/h4,7-10,14H,5-6,11H2,1-3H3,(H,23,26,28). The van der Waals surface area contributed by atoms with Crippen LogP contribution in [0.1, 0.15) is 34.8 Å². The van der Waals surface area contributed by atoms with Gasteiger partial charge in [-0.2, -0.15) is 0 Å². The summed E-state index contributed by atoms with van der Waals surface area (Å²) in [5.41, 5.74) is 0.369. The molecule has 0 unspecified atom stereocenters. The number of H-pyrrole nitrogens is 1. The number of hydrogen-bond donors (Lipinski definition) is 1. The number of carbonyl (C=O) groups excluding carboxylic acids is 1. The zero-order valence-electron chi connectivity index (χ0n) is 17.0. The van der Waals surface area contributed by atoms with E-state index in [9.17, 15) is 14.4 Å². The molecule has 9 heteroatoms. The third-order valence-corrected chi connectivity index (χ3v) is 5.19. The first-order chi connectivity index (χ1) is 14.4. The number of rotatable bonds is 6. The molecule has 0 spiro atoms. The summed E-state index contributed by atoms with van der Waals surface area (Å²) in [6.45, 7) is 0.294. The van der Waals surface area contributed by atoms with Gasteiger partial charge in [0.1, 0.15) is 17.1 Å². The number of ether oxygens (including phenoxy) is 2. The third-order valence-electron chi connectivity index (χ3n) is 5.19. The topological polar surface area (TPSA) is 107 Å². The summed E-state index contributed by atoms with van der Waals surface area (Å²) in [5.74, 6) is 0.964. The lowest BCUT2D eigenvalue weighted by atomic mass is 10.1. The van der Waals surface area contributed by atoms with Crippen molar-refractivity contribution in [2.45, 2.75) is 25.4 Å². The van der Waals surface area contributed by atoms with Gasteiger partial charge in [0.25, 0.3) is 11.5 Å². The van der Waals surface area contributed by atoms with Crippen molar-refractivity contribution in [3.8, 4) is 11.5 Å². The molecular formula is C21H22N4O5. The number of pyridine rings is 1. The maximum atomic E-state index is 13.0. The molecule has 9 nitrogen and oxygen atoms in total. The molecule has 1 N–H and O–H groups in total. The second kappa shape index (κ2) is 7.66. The molecule has 2 aromatic heterocycles. The van der Waals surface area contributed by atoms with E-state index in [1.54, 1.807) is 33.4 Å². The van der Waals surface area contributed by atoms with Crippen molar-refractivity contribution in [2.24, 2.45) is 0 Å². The van der Waals surface area contributed by atoms with Crippen LogP contribution in [0.25, 0.3) is 11.0 Å². The van der Waals surface area contributed by atoms with Crippen molar-refractivity contribution < 1.29 is 14.3 Å². The Morgan fingerprint density at radius 3 is 2.67 bits per heavy atom. The second-order valence-corrected chi connectivity index (χ2v) is 7.29. The average molecular weight is 410 g/mol. The highest BCUT2D eigenvalue weighted by Crippen LogP contribution is 2.34. The van der Waals surface area contributed by atoms with Gasteiger partial charge in [-0.05, 0) is 31.0 Å². The lowest BCUT2D eigenvalue weighted by Gasteiger charge is -2.19. The van der Waals surface area contributed by atoms with Gasteiger partial charge in [0.05, 0.1) is 25.2 Å². The van der Waals surface area contributed by atoms with Gasteiger partial charge < -0.3 is 14.4 Å². The first kappa shape index (κ1) is 19.7. The Hall–Kier alpha value is -3.62. The SMILES string of the molecule is COc1ccc(CN(C)C(=O)c2cnc3c(c2)c(=O)[nH]c(=O)n3C2CC2)c(OC)c1. The predicted molar refractivity (Wildman–Crippen MR) is 110 cm³/mol. The summed E-state index contributed by atoms with van der Waals surface area (Å²) in [4.78, 5) is 45.5. The van der Waals surface area contributed by atoms with E-state index in [1.807, 2.05) is 6.07 Å². The summed E-state index contributed by atoms with van der Waals surface area (Å²) >= 11 is 0. The molecule has 1 aliphatic rings. The zero-order valence-corrected chi connectivity index (χ0v) is 17.0. The van der Waals surface area contributed by atoms with Gasteiger partial charge in [0.15, 0.2) is 0 Å². The molecule has 3 aromatic rings. The van der Waals surface area contributed by atoms with Crippen LogP contribution in [-0.2, 0) is 6.54 Å². The van der Waals surface area contributed by atoms with Crippen molar-refractivity contribution in [2.75, 3.05) is 21.3 Å². The molecule has 0 atom stereocenters. The maximum Gasteiger partial charge on any atom is 0.330 e. The molecule has 156 valence electrons. The minimum Gasteiger partial charge on any atom is -0.497 e. The molecule has 2 heterocycles. The highest BCUT2D eigenvalue weighted by atomic mass is 16.5. The van der Waals surface area contributed by atoms with Crippen molar-refractivity contribution >= 4 is 16.9 Å². The predicted octanol–water partition coefficient (Wildman–Crippen LogP) is 1.71. The van der Waals surface area contributed by atoms with Crippen LogP contribution in [0.3, 0.4) is 0 Å².